The van der Waals surface area contributed by atoms with E-state index >= 15 is 0 Å². The summed E-state index contributed by atoms with van der Waals surface area (Å²) in [5, 5.41) is 6.71. The van der Waals surface area contributed by atoms with Gasteiger partial charge in [0.25, 0.3) is 0 Å². The molecule has 0 heterocycles. The van der Waals surface area contributed by atoms with Gasteiger partial charge in [-0.15, -0.1) is 0 Å². The summed E-state index contributed by atoms with van der Waals surface area (Å²) in [6.45, 7) is 0.993. The lowest BCUT2D eigenvalue weighted by atomic mass is 9.78. The minimum atomic E-state index is 0.708. The lowest BCUT2D eigenvalue weighted by Gasteiger charge is -2.26. The van der Waals surface area contributed by atoms with E-state index in [2.05, 4.69) is 72.1 Å². The molecular weight excluding hydrogens is 398 g/mol. The summed E-state index contributed by atoms with van der Waals surface area (Å²) in [6, 6.07) is 21.6. The van der Waals surface area contributed by atoms with Crippen LogP contribution in [0.3, 0.4) is 0 Å². The van der Waals surface area contributed by atoms with Crippen molar-refractivity contribution in [2.24, 2.45) is 0 Å². The number of nitrogens with one attached hydrogen (secondary N) is 1. The summed E-state index contributed by atoms with van der Waals surface area (Å²) in [7, 11) is 0. The van der Waals surface area contributed by atoms with Gasteiger partial charge in [0.1, 0.15) is 0 Å². The molecule has 0 aliphatic heterocycles. The molecular formula is C32H35N. The van der Waals surface area contributed by atoms with E-state index in [-0.39, 0.29) is 0 Å². The first kappa shape index (κ1) is 20.9. The molecule has 1 N–H and O–H groups in total. The highest BCUT2D eigenvalue weighted by Crippen LogP contribution is 2.41. The van der Waals surface area contributed by atoms with Crippen molar-refractivity contribution in [2.45, 2.75) is 76.8 Å². The lowest BCUT2D eigenvalue weighted by Crippen LogP contribution is -2.30. The molecule has 0 saturated heterocycles. The molecule has 1 saturated carbocycles. The number of rotatable bonds is 5. The Morgan fingerprint density at radius 2 is 1.70 bits per heavy atom. The summed E-state index contributed by atoms with van der Waals surface area (Å²) in [6.07, 6.45) is 17.5. The third-order valence-electron chi connectivity index (χ3n) is 8.07. The Morgan fingerprint density at radius 3 is 2.64 bits per heavy atom. The van der Waals surface area contributed by atoms with Crippen LogP contribution in [-0.2, 0) is 19.4 Å². The Labute approximate surface area is 198 Å². The van der Waals surface area contributed by atoms with Crippen molar-refractivity contribution in [1.82, 2.24) is 5.32 Å². The van der Waals surface area contributed by atoms with Gasteiger partial charge >= 0.3 is 0 Å². The molecule has 1 nitrogen and oxygen atoms in total. The van der Waals surface area contributed by atoms with E-state index < -0.39 is 0 Å². The van der Waals surface area contributed by atoms with Gasteiger partial charge in [-0.1, -0.05) is 91.6 Å². The molecule has 3 aromatic rings. The predicted octanol–water partition coefficient (Wildman–Crippen LogP) is 7.90. The Hall–Kier alpha value is -2.64. The fourth-order valence-electron chi connectivity index (χ4n) is 6.36. The maximum absolute atomic E-state index is 3.81. The summed E-state index contributed by atoms with van der Waals surface area (Å²) in [4.78, 5) is 0. The number of hydrogen-bond donors (Lipinski definition) is 1. The minimum absolute atomic E-state index is 0.708. The van der Waals surface area contributed by atoms with Crippen LogP contribution in [-0.4, -0.2) is 6.04 Å². The van der Waals surface area contributed by atoms with Crippen molar-refractivity contribution in [3.8, 4) is 0 Å². The first-order valence-corrected chi connectivity index (χ1v) is 13.1. The first-order chi connectivity index (χ1) is 16.3. The summed E-state index contributed by atoms with van der Waals surface area (Å²) in [5.74, 6) is 0. The van der Waals surface area contributed by atoms with Crippen LogP contribution in [0.15, 0.2) is 72.3 Å². The normalized spacial score (nSPS) is 18.4. The van der Waals surface area contributed by atoms with E-state index in [9.17, 15) is 0 Å². The molecule has 0 aromatic heterocycles. The van der Waals surface area contributed by atoms with Crippen LogP contribution in [0.4, 0.5) is 0 Å². The van der Waals surface area contributed by atoms with E-state index in [0.29, 0.717) is 6.04 Å². The van der Waals surface area contributed by atoms with Gasteiger partial charge in [-0.3, -0.25) is 0 Å². The molecule has 168 valence electrons. The summed E-state index contributed by atoms with van der Waals surface area (Å²) < 4.78 is 0. The number of fused-ring (bicyclic) bond motifs is 4. The monoisotopic (exact) mass is 433 g/mol. The average molecular weight is 434 g/mol. The molecule has 6 rings (SSSR count). The molecule has 3 aliphatic rings. The van der Waals surface area contributed by atoms with Gasteiger partial charge in [0.15, 0.2) is 0 Å². The molecule has 0 bridgehead atoms. The van der Waals surface area contributed by atoms with Crippen molar-refractivity contribution in [3.05, 3.63) is 100 Å². The molecule has 0 atom stereocenters. The molecule has 33 heavy (non-hydrogen) atoms. The Morgan fingerprint density at radius 1 is 0.818 bits per heavy atom. The predicted molar refractivity (Wildman–Crippen MR) is 141 cm³/mol. The van der Waals surface area contributed by atoms with Gasteiger partial charge in [-0.25, -0.2) is 0 Å². The average Bonchev–Trinajstić information content (AvgIpc) is 2.88. The highest BCUT2D eigenvalue weighted by atomic mass is 14.9. The van der Waals surface area contributed by atoms with Gasteiger partial charge in [-0.05, 0) is 89.1 Å². The molecule has 1 heteroatoms. The third kappa shape index (κ3) is 4.32. The standard InChI is InChI=1S/C32H35N/c1-2-13-28(14-3-1)33-22-24-9-6-8-23(20-24)21-27-12-7-11-26-17-18-30-29-15-5-4-10-25(29)16-19-31(30)32(26)27/h5-9,11-12,15,17-18,20,28,33H,1-4,10,13-14,16,19,21-22H2. The van der Waals surface area contributed by atoms with Crippen molar-refractivity contribution < 1.29 is 0 Å². The highest BCUT2D eigenvalue weighted by Gasteiger charge is 2.21. The quantitative estimate of drug-likeness (QED) is 0.431. The smallest absolute Gasteiger partial charge is 0.0208 e. The van der Waals surface area contributed by atoms with Crippen LogP contribution in [0.1, 0.15) is 79.2 Å². The second kappa shape index (κ2) is 9.31. The van der Waals surface area contributed by atoms with Crippen LogP contribution >= 0.6 is 0 Å². The van der Waals surface area contributed by atoms with Crippen LogP contribution in [0.2, 0.25) is 0 Å². The zero-order chi connectivity index (χ0) is 22.0. The van der Waals surface area contributed by atoms with Gasteiger partial charge < -0.3 is 5.32 Å². The van der Waals surface area contributed by atoms with E-state index in [1.54, 1.807) is 11.1 Å². The summed E-state index contributed by atoms with van der Waals surface area (Å²) in [5.41, 5.74) is 10.6. The van der Waals surface area contributed by atoms with Gasteiger partial charge in [0.2, 0.25) is 0 Å². The van der Waals surface area contributed by atoms with Crippen molar-refractivity contribution >= 4 is 16.3 Å². The fraction of sp³-hybridized carbons (Fsp3) is 0.375. The molecule has 0 unspecified atom stereocenters. The van der Waals surface area contributed by atoms with E-state index in [1.807, 2.05) is 0 Å². The minimum Gasteiger partial charge on any atom is -0.310 e. The second-order valence-electron chi connectivity index (χ2n) is 10.3. The third-order valence-corrected chi connectivity index (χ3v) is 8.07. The molecule has 0 amide bonds. The van der Waals surface area contributed by atoms with Crippen LogP contribution < -0.4 is 5.32 Å². The zero-order valence-electron chi connectivity index (χ0n) is 19.7. The fourth-order valence-corrected chi connectivity index (χ4v) is 6.36. The van der Waals surface area contributed by atoms with Crippen molar-refractivity contribution in [1.29, 1.82) is 0 Å². The molecule has 0 radical (unpaired) electrons. The SMILES string of the molecule is C1=CC2=C(CC1)CCc1c2ccc2cccc(Cc3cccc(CNC4CCCCC4)c3)c12. The Balaban J connectivity index is 1.29. The van der Waals surface area contributed by atoms with Crippen LogP contribution in [0.5, 0.6) is 0 Å². The maximum Gasteiger partial charge on any atom is 0.0208 e. The maximum atomic E-state index is 3.81. The summed E-state index contributed by atoms with van der Waals surface area (Å²) >= 11 is 0. The van der Waals surface area contributed by atoms with Crippen LogP contribution in [0.25, 0.3) is 16.3 Å². The molecule has 3 aromatic carbocycles. The van der Waals surface area contributed by atoms with E-state index in [1.165, 1.54) is 96.4 Å². The zero-order valence-corrected chi connectivity index (χ0v) is 19.7. The first-order valence-electron chi connectivity index (χ1n) is 13.1. The number of allylic oxidation sites excluding steroid dienone is 4. The highest BCUT2D eigenvalue weighted by molar-refractivity contribution is 5.96. The topological polar surface area (TPSA) is 12.0 Å². The van der Waals surface area contributed by atoms with Crippen LogP contribution in [0, 0.1) is 0 Å². The number of benzene rings is 3. The van der Waals surface area contributed by atoms with E-state index in [4.69, 9.17) is 0 Å². The van der Waals surface area contributed by atoms with Gasteiger partial charge in [0, 0.05) is 12.6 Å². The lowest BCUT2D eigenvalue weighted by molar-refractivity contribution is 0.372. The van der Waals surface area contributed by atoms with Gasteiger partial charge in [-0.2, -0.15) is 0 Å². The number of aryl methyl sites for hydroxylation is 1. The van der Waals surface area contributed by atoms with Crippen molar-refractivity contribution in [3.63, 3.8) is 0 Å². The van der Waals surface area contributed by atoms with Gasteiger partial charge in [0.05, 0.1) is 0 Å². The number of hydrogen-bond acceptors (Lipinski definition) is 1. The largest absolute Gasteiger partial charge is 0.310 e. The second-order valence-corrected chi connectivity index (χ2v) is 10.3. The molecule has 0 spiro atoms. The Bertz CT molecular complexity index is 1220. The Kier molecular flexibility index (Phi) is 5.91. The van der Waals surface area contributed by atoms with Crippen molar-refractivity contribution in [2.75, 3.05) is 0 Å². The van der Waals surface area contributed by atoms with E-state index in [0.717, 1.165) is 13.0 Å². The molecule has 3 aliphatic carbocycles. The molecule has 1 fully saturated rings.